The van der Waals surface area contributed by atoms with Crippen molar-refractivity contribution in [2.24, 2.45) is 17.8 Å². The lowest BCUT2D eigenvalue weighted by molar-refractivity contribution is -0.125. The molecule has 0 N–H and O–H groups in total. The summed E-state index contributed by atoms with van der Waals surface area (Å²) in [5.74, 6) is 2.12. The molecule has 0 heterocycles. The van der Waals surface area contributed by atoms with Crippen LogP contribution in [0.5, 0.6) is 0 Å². The molecule has 1 aromatic rings. The number of fused-ring (bicyclic) bond motifs is 1. The molecule has 1 aromatic carbocycles. The molecule has 4 fully saturated rings. The summed E-state index contributed by atoms with van der Waals surface area (Å²) in [4.78, 5) is 12.0. The van der Waals surface area contributed by atoms with E-state index in [0.717, 1.165) is 6.42 Å². The highest BCUT2D eigenvalue weighted by Gasteiger charge is 2.75. The van der Waals surface area contributed by atoms with Crippen molar-refractivity contribution < 1.29 is 4.79 Å². The van der Waals surface area contributed by atoms with Crippen LogP contribution < -0.4 is 0 Å². The van der Waals surface area contributed by atoms with E-state index in [9.17, 15) is 4.79 Å². The summed E-state index contributed by atoms with van der Waals surface area (Å²) in [7, 11) is 0. The first-order valence-corrected chi connectivity index (χ1v) is 5.93. The van der Waals surface area contributed by atoms with Gasteiger partial charge in [-0.15, -0.1) is 0 Å². The Morgan fingerprint density at radius 1 is 1.20 bits per heavy atom. The van der Waals surface area contributed by atoms with E-state index in [1.54, 1.807) is 0 Å². The number of carbonyl (C=O) groups is 1. The van der Waals surface area contributed by atoms with Gasteiger partial charge in [0.1, 0.15) is 5.78 Å². The van der Waals surface area contributed by atoms with E-state index < -0.39 is 0 Å². The highest BCUT2D eigenvalue weighted by atomic mass is 16.1. The Labute approximate surface area is 89.5 Å². The normalized spacial score (nSPS) is 45.6. The molecule has 4 aliphatic rings. The van der Waals surface area contributed by atoms with E-state index in [-0.39, 0.29) is 5.41 Å². The van der Waals surface area contributed by atoms with Crippen molar-refractivity contribution >= 4 is 5.78 Å². The van der Waals surface area contributed by atoms with Gasteiger partial charge in [0.05, 0.1) is 0 Å². The van der Waals surface area contributed by atoms with Gasteiger partial charge in [-0.3, -0.25) is 4.79 Å². The Balaban J connectivity index is 1.83. The van der Waals surface area contributed by atoms with Gasteiger partial charge in [0.2, 0.25) is 0 Å². The molecule has 5 rings (SSSR count). The molecule has 0 saturated heterocycles. The van der Waals surface area contributed by atoms with Crippen molar-refractivity contribution in [2.75, 3.05) is 0 Å². The summed E-state index contributed by atoms with van der Waals surface area (Å²) >= 11 is 0. The minimum atomic E-state index is 0.285. The highest BCUT2D eigenvalue weighted by Crippen LogP contribution is 2.73. The van der Waals surface area contributed by atoms with Crippen LogP contribution in [0.4, 0.5) is 0 Å². The summed E-state index contributed by atoms with van der Waals surface area (Å²) in [5.41, 5.74) is 1.71. The predicted octanol–water partition coefficient (Wildman–Crippen LogP) is 2.55. The summed E-state index contributed by atoms with van der Waals surface area (Å²) in [6.07, 6.45) is 3.57. The van der Waals surface area contributed by atoms with Crippen LogP contribution in [0.1, 0.15) is 24.8 Å². The molecule has 0 spiro atoms. The Bertz CT molecular complexity index is 436. The lowest BCUT2D eigenvalue weighted by atomic mass is 9.72. The topological polar surface area (TPSA) is 17.1 Å². The summed E-state index contributed by atoms with van der Waals surface area (Å²) in [6.45, 7) is 0. The molecule has 0 aromatic heterocycles. The molecule has 4 saturated carbocycles. The SMILES string of the molecule is O=C1C2CCC3(c4ccccc4)C(C2)C13. The predicted molar refractivity (Wildman–Crippen MR) is 57.4 cm³/mol. The van der Waals surface area contributed by atoms with Crippen molar-refractivity contribution in [3.8, 4) is 0 Å². The Morgan fingerprint density at radius 2 is 2.00 bits per heavy atom. The van der Waals surface area contributed by atoms with Gasteiger partial charge in [0.25, 0.3) is 0 Å². The quantitative estimate of drug-likeness (QED) is 0.677. The van der Waals surface area contributed by atoms with E-state index in [1.807, 2.05) is 0 Å². The van der Waals surface area contributed by atoms with E-state index in [2.05, 4.69) is 30.3 Å². The first kappa shape index (κ1) is 8.09. The Hall–Kier alpha value is -1.11. The van der Waals surface area contributed by atoms with Crippen molar-refractivity contribution in [3.05, 3.63) is 35.9 Å². The second kappa shape index (κ2) is 2.34. The Morgan fingerprint density at radius 3 is 2.67 bits per heavy atom. The number of rotatable bonds is 1. The van der Waals surface area contributed by atoms with Gasteiger partial charge in [0.15, 0.2) is 0 Å². The smallest absolute Gasteiger partial charge is 0.140 e. The second-order valence-electron chi connectivity index (χ2n) is 5.36. The molecular weight excluding hydrogens is 184 g/mol. The fourth-order valence-corrected chi connectivity index (χ4v) is 4.29. The van der Waals surface area contributed by atoms with Gasteiger partial charge in [0, 0.05) is 17.3 Å². The van der Waals surface area contributed by atoms with Gasteiger partial charge >= 0.3 is 0 Å². The van der Waals surface area contributed by atoms with Gasteiger partial charge in [-0.1, -0.05) is 30.3 Å². The zero-order chi connectivity index (χ0) is 10.0. The summed E-state index contributed by atoms with van der Waals surface area (Å²) < 4.78 is 0. The van der Waals surface area contributed by atoms with E-state index in [1.165, 1.54) is 18.4 Å². The number of hydrogen-bond acceptors (Lipinski definition) is 1. The van der Waals surface area contributed by atoms with Gasteiger partial charge in [-0.05, 0) is 30.7 Å². The van der Waals surface area contributed by atoms with E-state index in [4.69, 9.17) is 0 Å². The van der Waals surface area contributed by atoms with Crippen LogP contribution >= 0.6 is 0 Å². The standard InChI is InChI=1S/C14H14O/c15-13-9-6-7-14(11(8-9)12(13)14)10-4-2-1-3-5-10/h1-5,9,11-12H,6-8H2. The van der Waals surface area contributed by atoms with Crippen LogP contribution in [0.2, 0.25) is 0 Å². The maximum atomic E-state index is 12.0. The lowest BCUT2D eigenvalue weighted by Gasteiger charge is -2.30. The molecule has 76 valence electrons. The monoisotopic (exact) mass is 198 g/mol. The zero-order valence-corrected chi connectivity index (χ0v) is 8.65. The molecule has 4 bridgehead atoms. The molecule has 0 amide bonds. The van der Waals surface area contributed by atoms with Crippen molar-refractivity contribution in [3.63, 3.8) is 0 Å². The third-order valence-corrected chi connectivity index (χ3v) is 4.97. The molecular formula is C14H14O. The van der Waals surface area contributed by atoms with Crippen LogP contribution in [0.3, 0.4) is 0 Å². The fraction of sp³-hybridized carbons (Fsp3) is 0.500. The number of benzene rings is 1. The molecule has 15 heavy (non-hydrogen) atoms. The van der Waals surface area contributed by atoms with Gasteiger partial charge in [-0.2, -0.15) is 0 Å². The third-order valence-electron chi connectivity index (χ3n) is 4.97. The lowest BCUT2D eigenvalue weighted by Crippen LogP contribution is -2.30. The summed E-state index contributed by atoms with van der Waals surface area (Å²) in [5, 5.41) is 0. The molecule has 0 radical (unpaired) electrons. The number of ketones is 1. The molecule has 4 aliphatic carbocycles. The van der Waals surface area contributed by atoms with Crippen LogP contribution in [-0.4, -0.2) is 5.78 Å². The second-order valence-corrected chi connectivity index (χ2v) is 5.36. The third kappa shape index (κ3) is 0.759. The fourth-order valence-electron chi connectivity index (χ4n) is 4.29. The first-order chi connectivity index (χ1) is 7.34. The van der Waals surface area contributed by atoms with Crippen molar-refractivity contribution in [2.45, 2.75) is 24.7 Å². The average Bonchev–Trinajstić information content (AvgIpc) is 2.90. The zero-order valence-electron chi connectivity index (χ0n) is 8.65. The van der Waals surface area contributed by atoms with Crippen molar-refractivity contribution in [1.29, 1.82) is 0 Å². The van der Waals surface area contributed by atoms with Gasteiger partial charge in [-0.25, -0.2) is 0 Å². The molecule has 4 atom stereocenters. The van der Waals surface area contributed by atoms with Crippen LogP contribution in [0.15, 0.2) is 30.3 Å². The number of carbonyl (C=O) groups excluding carboxylic acids is 1. The van der Waals surface area contributed by atoms with Crippen LogP contribution in [-0.2, 0) is 10.2 Å². The van der Waals surface area contributed by atoms with E-state index in [0.29, 0.717) is 23.5 Å². The Kier molecular flexibility index (Phi) is 1.26. The number of hydrogen-bond donors (Lipinski definition) is 0. The molecule has 1 nitrogen and oxygen atoms in total. The minimum Gasteiger partial charge on any atom is -0.299 e. The van der Waals surface area contributed by atoms with E-state index >= 15 is 0 Å². The molecule has 0 aliphatic heterocycles. The summed E-state index contributed by atoms with van der Waals surface area (Å²) in [6, 6.07) is 10.7. The first-order valence-electron chi connectivity index (χ1n) is 5.93. The number of Topliss-reactive ketones (excluding diaryl/α,β-unsaturated/α-hetero) is 1. The maximum Gasteiger partial charge on any atom is 0.140 e. The largest absolute Gasteiger partial charge is 0.299 e. The van der Waals surface area contributed by atoms with Crippen LogP contribution in [0.25, 0.3) is 0 Å². The molecule has 1 heteroatoms. The maximum absolute atomic E-state index is 12.0. The van der Waals surface area contributed by atoms with Crippen LogP contribution in [0, 0.1) is 17.8 Å². The average molecular weight is 198 g/mol. The van der Waals surface area contributed by atoms with Gasteiger partial charge < -0.3 is 0 Å². The van der Waals surface area contributed by atoms with Crippen molar-refractivity contribution in [1.82, 2.24) is 0 Å². The highest BCUT2D eigenvalue weighted by molar-refractivity contribution is 5.93. The molecule has 4 unspecified atom stereocenters. The minimum absolute atomic E-state index is 0.285.